The van der Waals surface area contributed by atoms with Gasteiger partial charge in [0.25, 0.3) is 0 Å². The number of para-hydroxylation sites is 2. The van der Waals surface area contributed by atoms with Crippen LogP contribution in [0.15, 0.2) is 60.4 Å². The molecule has 0 radical (unpaired) electrons. The van der Waals surface area contributed by atoms with Crippen LogP contribution in [0.2, 0.25) is 0 Å². The van der Waals surface area contributed by atoms with E-state index in [9.17, 15) is 10.4 Å². The third kappa shape index (κ3) is 4.16. The first-order valence-corrected chi connectivity index (χ1v) is 10.1. The number of benzene rings is 2. The normalized spacial score (nSPS) is 20.3. The van der Waals surface area contributed by atoms with Gasteiger partial charge in [-0.2, -0.15) is 5.26 Å². The summed E-state index contributed by atoms with van der Waals surface area (Å²) in [6, 6.07) is 20.5. The highest BCUT2D eigenvalue weighted by Crippen LogP contribution is 2.21. The molecule has 148 valence electrons. The standard InChI is InChI=1S/C23H25N5O/c1-26-21-10-6-5-9-20(21)25-23(26)19(15-24)22(29)17-28-13-11-27(12-14-28)16-18-7-3-2-4-8-18/h2-10,29H,11-14,16-17H2,1H3/p+2/b22-19-. The maximum absolute atomic E-state index is 10.7. The van der Waals surface area contributed by atoms with E-state index in [1.54, 1.807) is 4.90 Å². The second-order valence-electron chi connectivity index (χ2n) is 7.76. The Balaban J connectivity index is 1.43. The van der Waals surface area contributed by atoms with Gasteiger partial charge in [0.05, 0.1) is 11.0 Å². The van der Waals surface area contributed by atoms with Gasteiger partial charge in [0.1, 0.15) is 50.9 Å². The Morgan fingerprint density at radius 1 is 1.03 bits per heavy atom. The Labute approximate surface area is 170 Å². The topological polar surface area (TPSA) is 70.7 Å². The van der Waals surface area contributed by atoms with E-state index in [-0.39, 0.29) is 11.3 Å². The minimum absolute atomic E-state index is 0.132. The molecule has 0 unspecified atom stereocenters. The number of quaternary nitrogens is 2. The van der Waals surface area contributed by atoms with Gasteiger partial charge in [-0.15, -0.1) is 0 Å². The lowest BCUT2D eigenvalue weighted by Crippen LogP contribution is -3.27. The average molecular weight is 390 g/mol. The summed E-state index contributed by atoms with van der Waals surface area (Å²) in [7, 11) is 1.88. The van der Waals surface area contributed by atoms with Crippen LogP contribution in [0.1, 0.15) is 11.4 Å². The van der Waals surface area contributed by atoms with E-state index in [2.05, 4.69) is 35.3 Å². The van der Waals surface area contributed by atoms with E-state index in [4.69, 9.17) is 0 Å². The molecular formula is C23H27N5O+2. The molecule has 6 heteroatoms. The molecule has 0 bridgehead atoms. The Hall–Kier alpha value is -3.14. The molecule has 0 atom stereocenters. The number of rotatable bonds is 5. The van der Waals surface area contributed by atoms with Crippen molar-refractivity contribution in [3.05, 3.63) is 71.7 Å². The van der Waals surface area contributed by atoms with E-state index in [0.29, 0.717) is 12.4 Å². The zero-order valence-corrected chi connectivity index (χ0v) is 16.7. The van der Waals surface area contributed by atoms with E-state index in [1.165, 1.54) is 10.5 Å². The van der Waals surface area contributed by atoms with Crippen molar-refractivity contribution in [1.29, 1.82) is 5.26 Å². The summed E-state index contributed by atoms with van der Waals surface area (Å²) in [5.74, 6) is 0.659. The van der Waals surface area contributed by atoms with Crippen molar-refractivity contribution in [3.63, 3.8) is 0 Å². The van der Waals surface area contributed by atoms with Crippen LogP contribution in [0.25, 0.3) is 16.6 Å². The number of aromatic nitrogens is 2. The summed E-state index contributed by atoms with van der Waals surface area (Å²) in [6.45, 7) is 5.59. The minimum Gasteiger partial charge on any atom is -0.506 e. The smallest absolute Gasteiger partial charge is 0.169 e. The fourth-order valence-corrected chi connectivity index (χ4v) is 4.13. The number of aliphatic hydroxyl groups is 1. The number of hydrogen-bond acceptors (Lipinski definition) is 3. The van der Waals surface area contributed by atoms with Gasteiger partial charge in [0, 0.05) is 12.6 Å². The molecule has 1 fully saturated rings. The molecular weight excluding hydrogens is 362 g/mol. The molecule has 3 aromatic rings. The fraction of sp³-hybridized carbons (Fsp3) is 0.304. The highest BCUT2D eigenvalue weighted by Gasteiger charge is 2.26. The number of nitrogens with one attached hydrogen (secondary N) is 2. The van der Waals surface area contributed by atoms with Crippen molar-refractivity contribution in [2.75, 3.05) is 32.7 Å². The molecule has 1 aliphatic heterocycles. The quantitative estimate of drug-likeness (QED) is 0.436. The van der Waals surface area contributed by atoms with Crippen LogP contribution in [-0.4, -0.2) is 47.4 Å². The maximum atomic E-state index is 10.7. The van der Waals surface area contributed by atoms with Crippen molar-refractivity contribution in [1.82, 2.24) is 9.55 Å². The number of aliphatic hydroxyl groups excluding tert-OH is 1. The number of nitrogens with zero attached hydrogens (tertiary/aromatic N) is 3. The lowest BCUT2D eigenvalue weighted by atomic mass is 10.2. The van der Waals surface area contributed by atoms with Crippen LogP contribution in [0.3, 0.4) is 0 Å². The van der Waals surface area contributed by atoms with Crippen LogP contribution in [0.4, 0.5) is 0 Å². The molecule has 4 rings (SSSR count). The second-order valence-corrected chi connectivity index (χ2v) is 7.76. The van der Waals surface area contributed by atoms with Crippen LogP contribution < -0.4 is 9.80 Å². The molecule has 29 heavy (non-hydrogen) atoms. The van der Waals surface area contributed by atoms with Crippen LogP contribution in [0.5, 0.6) is 0 Å². The third-order valence-electron chi connectivity index (χ3n) is 5.79. The van der Waals surface area contributed by atoms with Gasteiger partial charge in [-0.1, -0.05) is 42.5 Å². The first-order chi connectivity index (χ1) is 14.2. The Bertz CT molecular complexity index is 1060. The molecule has 2 aromatic carbocycles. The number of aryl methyl sites for hydroxylation is 1. The number of piperazine rings is 1. The van der Waals surface area contributed by atoms with Gasteiger partial charge < -0.3 is 19.5 Å². The van der Waals surface area contributed by atoms with Crippen molar-refractivity contribution in [2.24, 2.45) is 7.05 Å². The number of allylic oxidation sites excluding steroid dienone is 1. The molecule has 3 N–H and O–H groups in total. The van der Waals surface area contributed by atoms with Gasteiger partial charge in [-0.3, -0.25) is 0 Å². The Morgan fingerprint density at radius 2 is 1.69 bits per heavy atom. The zero-order valence-electron chi connectivity index (χ0n) is 16.7. The third-order valence-corrected chi connectivity index (χ3v) is 5.79. The summed E-state index contributed by atoms with van der Waals surface area (Å²) >= 11 is 0. The van der Waals surface area contributed by atoms with Crippen molar-refractivity contribution in [3.8, 4) is 6.07 Å². The predicted octanol–water partition coefficient (Wildman–Crippen LogP) is 0.350. The molecule has 0 saturated carbocycles. The average Bonchev–Trinajstić information content (AvgIpc) is 3.07. The van der Waals surface area contributed by atoms with Crippen molar-refractivity contribution < 1.29 is 14.9 Å². The summed E-state index contributed by atoms with van der Waals surface area (Å²) < 4.78 is 1.88. The summed E-state index contributed by atoms with van der Waals surface area (Å²) in [5.41, 5.74) is 3.42. The fourth-order valence-electron chi connectivity index (χ4n) is 4.13. The van der Waals surface area contributed by atoms with Gasteiger partial charge in [0.15, 0.2) is 11.6 Å². The highest BCUT2D eigenvalue weighted by molar-refractivity contribution is 5.83. The first kappa shape index (κ1) is 19.2. The lowest BCUT2D eigenvalue weighted by Gasteiger charge is -2.29. The van der Waals surface area contributed by atoms with Crippen LogP contribution >= 0.6 is 0 Å². The van der Waals surface area contributed by atoms with Crippen LogP contribution in [0, 0.1) is 11.3 Å². The Morgan fingerprint density at radius 3 is 2.38 bits per heavy atom. The monoisotopic (exact) mass is 389 g/mol. The number of nitriles is 1. The highest BCUT2D eigenvalue weighted by atomic mass is 16.3. The zero-order chi connectivity index (χ0) is 20.2. The predicted molar refractivity (Wildman–Crippen MR) is 112 cm³/mol. The maximum Gasteiger partial charge on any atom is 0.169 e. The molecule has 0 spiro atoms. The van der Waals surface area contributed by atoms with Crippen LogP contribution in [-0.2, 0) is 13.6 Å². The number of hydrogen-bond donors (Lipinski definition) is 3. The molecule has 1 aromatic heterocycles. The second kappa shape index (κ2) is 8.48. The van der Waals surface area contributed by atoms with E-state index in [0.717, 1.165) is 43.8 Å². The van der Waals surface area contributed by atoms with E-state index >= 15 is 0 Å². The molecule has 1 saturated heterocycles. The molecule has 2 heterocycles. The van der Waals surface area contributed by atoms with E-state index in [1.807, 2.05) is 41.9 Å². The SMILES string of the molecule is Cn1c(/C(C#N)=C(\O)C[NH+]2CC[NH+](Cc3ccccc3)CC2)nc2ccccc21. The summed E-state index contributed by atoms with van der Waals surface area (Å²) in [6.07, 6.45) is 0. The first-order valence-electron chi connectivity index (χ1n) is 10.1. The molecule has 0 aliphatic carbocycles. The largest absolute Gasteiger partial charge is 0.506 e. The number of fused-ring (bicyclic) bond motifs is 1. The molecule has 0 amide bonds. The molecule has 6 nitrogen and oxygen atoms in total. The molecule has 1 aliphatic rings. The van der Waals surface area contributed by atoms with Crippen molar-refractivity contribution in [2.45, 2.75) is 6.54 Å². The summed E-state index contributed by atoms with van der Waals surface area (Å²) in [4.78, 5) is 7.45. The van der Waals surface area contributed by atoms with Gasteiger partial charge >= 0.3 is 0 Å². The van der Waals surface area contributed by atoms with E-state index < -0.39 is 0 Å². The van der Waals surface area contributed by atoms with Gasteiger partial charge in [-0.05, 0) is 12.1 Å². The summed E-state index contributed by atoms with van der Waals surface area (Å²) in [5, 5.41) is 20.4. The van der Waals surface area contributed by atoms with Gasteiger partial charge in [0.2, 0.25) is 0 Å². The lowest BCUT2D eigenvalue weighted by molar-refractivity contribution is -1.02. The van der Waals surface area contributed by atoms with Crippen molar-refractivity contribution >= 4 is 16.6 Å². The van der Waals surface area contributed by atoms with Gasteiger partial charge in [-0.25, -0.2) is 4.98 Å². The Kier molecular flexibility index (Phi) is 5.61. The number of imidazole rings is 1. The minimum atomic E-state index is 0.132.